The molecule has 2 aromatic carbocycles. The molecule has 47 heavy (non-hydrogen) atoms. The molecule has 4 bridgehead atoms. The molecule has 2 nitrogen and oxygen atoms in total. The molecular weight excluding hydrogens is 572 g/mol. The molecule has 254 valence electrons. The lowest BCUT2D eigenvalue weighted by molar-refractivity contribution is 0.0189. The van der Waals surface area contributed by atoms with E-state index in [1.807, 2.05) is 12.1 Å². The highest BCUT2D eigenvalue weighted by atomic mass is 16.5. The predicted octanol–water partition coefficient (Wildman–Crippen LogP) is 12.3. The highest BCUT2D eigenvalue weighted by molar-refractivity contribution is 5.41. The fraction of sp³-hybridized carbons (Fsp3) is 0.644. The third-order valence-corrected chi connectivity index (χ3v) is 12.2. The maximum absolute atomic E-state index is 5.65. The first-order chi connectivity index (χ1) is 22.9. The Balaban J connectivity index is 0.000000185. The van der Waals surface area contributed by atoms with Gasteiger partial charge in [0.25, 0.3) is 0 Å². The van der Waals surface area contributed by atoms with Crippen LogP contribution in [0.15, 0.2) is 48.5 Å². The van der Waals surface area contributed by atoms with Gasteiger partial charge in [-0.15, -0.1) is 0 Å². The minimum absolute atomic E-state index is 0.311. The van der Waals surface area contributed by atoms with E-state index in [1.165, 1.54) is 109 Å². The van der Waals surface area contributed by atoms with Crippen LogP contribution in [0.4, 0.5) is 0 Å². The summed E-state index contributed by atoms with van der Waals surface area (Å²) in [7, 11) is 0. The van der Waals surface area contributed by atoms with E-state index in [1.54, 1.807) is 0 Å². The smallest absolute Gasteiger partial charge is 0.119 e. The molecule has 0 amide bonds. The molecule has 0 heterocycles. The standard InChI is InChI=1S/C23H32O.C22H30O/c1-3-5-11-22-13-16-23(17-14-22,18-15-22)12-10-20-6-8-21(9-7-20)24-19-4-2;1-3-10-21-12-15-22(16-13-21,17-14-21)11-9-19-5-7-20(8-6-19)23-18-4-2/h6-9H,3-5,11,13-19H2,1-2H3;5-8H,3-4,10,12-18H2,1-2H3. The van der Waals surface area contributed by atoms with E-state index in [4.69, 9.17) is 9.47 Å². The quantitative estimate of drug-likeness (QED) is 0.229. The predicted molar refractivity (Wildman–Crippen MR) is 198 cm³/mol. The highest BCUT2D eigenvalue weighted by Gasteiger charge is 2.48. The lowest BCUT2D eigenvalue weighted by Gasteiger charge is -2.51. The zero-order valence-corrected chi connectivity index (χ0v) is 30.3. The fourth-order valence-electron chi connectivity index (χ4n) is 8.85. The molecule has 6 saturated carbocycles. The molecule has 0 spiro atoms. The van der Waals surface area contributed by atoms with Crippen molar-refractivity contribution in [2.45, 2.75) is 150 Å². The molecule has 2 aromatic rings. The molecule has 0 N–H and O–H groups in total. The van der Waals surface area contributed by atoms with E-state index in [0.29, 0.717) is 21.7 Å². The topological polar surface area (TPSA) is 18.5 Å². The second kappa shape index (κ2) is 16.5. The zero-order valence-electron chi connectivity index (χ0n) is 30.3. The second-order valence-corrected chi connectivity index (χ2v) is 15.7. The van der Waals surface area contributed by atoms with Crippen LogP contribution in [0.25, 0.3) is 0 Å². The summed E-state index contributed by atoms with van der Waals surface area (Å²) >= 11 is 0. The summed E-state index contributed by atoms with van der Waals surface area (Å²) in [5, 5.41) is 0. The Morgan fingerprint density at radius 1 is 0.468 bits per heavy atom. The number of hydrogen-bond donors (Lipinski definition) is 0. The third kappa shape index (κ3) is 9.41. The number of unbranched alkanes of at least 4 members (excludes halogenated alkanes) is 1. The van der Waals surface area contributed by atoms with E-state index < -0.39 is 0 Å². The van der Waals surface area contributed by atoms with Crippen LogP contribution < -0.4 is 9.47 Å². The molecular formula is C45H62O2. The molecule has 6 aliphatic carbocycles. The number of ether oxygens (including phenoxy) is 2. The van der Waals surface area contributed by atoms with E-state index >= 15 is 0 Å². The van der Waals surface area contributed by atoms with Crippen molar-refractivity contribution in [1.82, 2.24) is 0 Å². The molecule has 0 aliphatic heterocycles. The summed E-state index contributed by atoms with van der Waals surface area (Å²) < 4.78 is 11.3. The average molecular weight is 635 g/mol. The van der Waals surface area contributed by atoms with Gasteiger partial charge in [0.05, 0.1) is 13.2 Å². The van der Waals surface area contributed by atoms with Crippen molar-refractivity contribution in [2.75, 3.05) is 13.2 Å². The summed E-state index contributed by atoms with van der Waals surface area (Å²) in [4.78, 5) is 0. The van der Waals surface area contributed by atoms with Gasteiger partial charge in [-0.2, -0.15) is 0 Å². The van der Waals surface area contributed by atoms with Crippen molar-refractivity contribution in [3.05, 3.63) is 59.7 Å². The fourth-order valence-corrected chi connectivity index (χ4v) is 8.85. The first kappa shape index (κ1) is 35.5. The Morgan fingerprint density at radius 3 is 1.19 bits per heavy atom. The minimum atomic E-state index is 0.311. The van der Waals surface area contributed by atoms with Crippen LogP contribution in [0, 0.1) is 45.3 Å². The van der Waals surface area contributed by atoms with Crippen LogP contribution in [0.1, 0.15) is 161 Å². The molecule has 6 aliphatic rings. The minimum Gasteiger partial charge on any atom is -0.494 e. The normalized spacial score (nSPS) is 28.6. The average Bonchev–Trinajstić information content (AvgIpc) is 3.13. The summed E-state index contributed by atoms with van der Waals surface area (Å²) in [5.74, 6) is 16.2. The first-order valence-corrected chi connectivity index (χ1v) is 19.4. The Hall–Kier alpha value is -2.84. The molecule has 0 unspecified atom stereocenters. The van der Waals surface area contributed by atoms with Crippen molar-refractivity contribution in [3.63, 3.8) is 0 Å². The molecule has 2 heteroatoms. The van der Waals surface area contributed by atoms with Gasteiger partial charge in [-0.25, -0.2) is 0 Å². The van der Waals surface area contributed by atoms with E-state index in [9.17, 15) is 0 Å². The van der Waals surface area contributed by atoms with Crippen LogP contribution in [-0.2, 0) is 0 Å². The molecule has 0 saturated heterocycles. The summed E-state index contributed by atoms with van der Waals surface area (Å²) in [6.45, 7) is 10.5. The summed E-state index contributed by atoms with van der Waals surface area (Å²) in [5.41, 5.74) is 4.23. The Labute approximate surface area is 288 Å². The number of fused-ring (bicyclic) bond motifs is 6. The van der Waals surface area contributed by atoms with Crippen molar-refractivity contribution in [3.8, 4) is 35.2 Å². The lowest BCUT2D eigenvalue weighted by atomic mass is 9.53. The van der Waals surface area contributed by atoms with Gasteiger partial charge in [0.2, 0.25) is 0 Å². The Morgan fingerprint density at radius 2 is 0.851 bits per heavy atom. The van der Waals surface area contributed by atoms with Crippen LogP contribution >= 0.6 is 0 Å². The number of rotatable bonds is 11. The van der Waals surface area contributed by atoms with E-state index in [0.717, 1.165) is 48.7 Å². The van der Waals surface area contributed by atoms with Gasteiger partial charge in [-0.1, -0.05) is 70.6 Å². The van der Waals surface area contributed by atoms with Gasteiger partial charge in [-0.05, 0) is 162 Å². The third-order valence-electron chi connectivity index (χ3n) is 12.2. The van der Waals surface area contributed by atoms with Gasteiger partial charge in [-0.3, -0.25) is 0 Å². The second-order valence-electron chi connectivity index (χ2n) is 15.7. The van der Waals surface area contributed by atoms with Crippen LogP contribution in [0.3, 0.4) is 0 Å². The zero-order chi connectivity index (χ0) is 33.1. The molecule has 8 rings (SSSR count). The number of benzene rings is 2. The molecule has 0 radical (unpaired) electrons. The van der Waals surface area contributed by atoms with Gasteiger partial charge in [0.1, 0.15) is 11.5 Å². The number of hydrogen-bond acceptors (Lipinski definition) is 2. The van der Waals surface area contributed by atoms with Crippen LogP contribution in [0.2, 0.25) is 0 Å². The lowest BCUT2D eigenvalue weighted by Crippen LogP contribution is -2.40. The van der Waals surface area contributed by atoms with Crippen molar-refractivity contribution in [2.24, 2.45) is 21.7 Å². The van der Waals surface area contributed by atoms with E-state index in [2.05, 4.69) is 87.8 Å². The van der Waals surface area contributed by atoms with Gasteiger partial charge < -0.3 is 9.47 Å². The van der Waals surface area contributed by atoms with E-state index in [-0.39, 0.29) is 0 Å². The molecule has 6 fully saturated rings. The molecule has 0 atom stereocenters. The highest BCUT2D eigenvalue weighted by Crippen LogP contribution is 2.59. The maximum atomic E-state index is 5.65. The first-order valence-electron chi connectivity index (χ1n) is 19.4. The van der Waals surface area contributed by atoms with Crippen LogP contribution in [0.5, 0.6) is 11.5 Å². The van der Waals surface area contributed by atoms with Crippen molar-refractivity contribution in [1.29, 1.82) is 0 Å². The van der Waals surface area contributed by atoms with Crippen molar-refractivity contribution >= 4 is 0 Å². The van der Waals surface area contributed by atoms with Gasteiger partial charge >= 0.3 is 0 Å². The summed E-state index contributed by atoms with van der Waals surface area (Å²) in [6.07, 6.45) is 25.4. The molecule has 0 aromatic heterocycles. The largest absolute Gasteiger partial charge is 0.494 e. The van der Waals surface area contributed by atoms with Crippen LogP contribution in [-0.4, -0.2) is 13.2 Å². The van der Waals surface area contributed by atoms with Gasteiger partial charge in [0, 0.05) is 22.0 Å². The summed E-state index contributed by atoms with van der Waals surface area (Å²) in [6, 6.07) is 16.6. The van der Waals surface area contributed by atoms with Gasteiger partial charge in [0.15, 0.2) is 0 Å². The SMILES string of the molecule is CCCCC12CCC(C#Cc3ccc(OCCC)cc3)(CC1)CC2.CCCOc1ccc(C#CC23CCC(CCC)(CC2)CC3)cc1. The maximum Gasteiger partial charge on any atom is 0.119 e. The Bertz CT molecular complexity index is 1330. The van der Waals surface area contributed by atoms with Crippen molar-refractivity contribution < 1.29 is 9.47 Å². The Kier molecular flexibility index (Phi) is 12.5. The monoisotopic (exact) mass is 634 g/mol.